The Bertz CT molecular complexity index is 2320. The minimum atomic E-state index is -0.0737. The van der Waals surface area contributed by atoms with E-state index in [0.717, 1.165) is 11.4 Å². The quantitative estimate of drug-likeness (QED) is 0.185. The standard InChI is InChI=1S/C45H33NS/c1-45(2)39-18-10-9-16-36(39)37-28-29-41-42(43(37)45)38-17-11-19-40(44(38)47-41)46(34-24-20-32(21-25-34)30-12-5-3-6-13-30)35-26-22-33(23-27-35)31-14-7-4-8-15-31/h3-29H,1-2H3. The molecule has 0 saturated carbocycles. The zero-order valence-electron chi connectivity index (χ0n) is 26.4. The molecule has 0 N–H and O–H groups in total. The first-order valence-electron chi connectivity index (χ1n) is 16.3. The second-order valence-electron chi connectivity index (χ2n) is 12.9. The highest BCUT2D eigenvalue weighted by Crippen LogP contribution is 2.55. The van der Waals surface area contributed by atoms with Gasteiger partial charge in [-0.05, 0) is 80.9 Å². The number of fused-ring (bicyclic) bond motifs is 7. The van der Waals surface area contributed by atoms with E-state index in [9.17, 15) is 0 Å². The highest BCUT2D eigenvalue weighted by Gasteiger charge is 2.37. The van der Waals surface area contributed by atoms with E-state index < -0.39 is 0 Å². The van der Waals surface area contributed by atoms with Gasteiger partial charge >= 0.3 is 0 Å². The largest absolute Gasteiger partial charge is 0.309 e. The van der Waals surface area contributed by atoms with Gasteiger partial charge < -0.3 is 4.90 Å². The van der Waals surface area contributed by atoms with Crippen LogP contribution in [0.5, 0.6) is 0 Å². The van der Waals surface area contributed by atoms with Crippen molar-refractivity contribution in [3.05, 3.63) is 175 Å². The van der Waals surface area contributed by atoms with Crippen molar-refractivity contribution in [3.8, 4) is 33.4 Å². The summed E-state index contributed by atoms with van der Waals surface area (Å²) in [5.41, 5.74) is 13.9. The molecule has 1 heterocycles. The fourth-order valence-corrected chi connectivity index (χ4v) is 8.83. The second-order valence-corrected chi connectivity index (χ2v) is 14.0. The van der Waals surface area contributed by atoms with E-state index in [2.05, 4.69) is 183 Å². The van der Waals surface area contributed by atoms with Gasteiger partial charge in [-0.2, -0.15) is 0 Å². The topological polar surface area (TPSA) is 3.24 Å². The minimum absolute atomic E-state index is 0.0737. The van der Waals surface area contributed by atoms with E-state index in [4.69, 9.17) is 0 Å². The molecule has 1 nitrogen and oxygen atoms in total. The molecule has 9 rings (SSSR count). The second kappa shape index (κ2) is 10.8. The van der Waals surface area contributed by atoms with Gasteiger partial charge in [0.05, 0.1) is 10.4 Å². The number of anilines is 3. The van der Waals surface area contributed by atoms with Crippen LogP contribution in [0.2, 0.25) is 0 Å². The van der Waals surface area contributed by atoms with Crippen LogP contribution in [0.4, 0.5) is 17.1 Å². The Kier molecular flexibility index (Phi) is 6.41. The number of hydrogen-bond acceptors (Lipinski definition) is 2. The fourth-order valence-electron chi connectivity index (χ4n) is 7.62. The van der Waals surface area contributed by atoms with Crippen molar-refractivity contribution in [2.24, 2.45) is 0 Å². The van der Waals surface area contributed by atoms with E-state index >= 15 is 0 Å². The molecule has 0 unspecified atom stereocenters. The molecule has 0 bridgehead atoms. The Balaban J connectivity index is 1.24. The van der Waals surface area contributed by atoms with Crippen LogP contribution in [0.25, 0.3) is 53.6 Å². The smallest absolute Gasteiger partial charge is 0.0640 e. The van der Waals surface area contributed by atoms with Crippen LogP contribution in [0, 0.1) is 0 Å². The van der Waals surface area contributed by atoms with Crippen LogP contribution in [-0.2, 0) is 5.41 Å². The third kappa shape index (κ3) is 4.44. The summed E-state index contributed by atoms with van der Waals surface area (Å²) in [6.45, 7) is 4.78. The van der Waals surface area contributed by atoms with Gasteiger partial charge in [-0.25, -0.2) is 0 Å². The maximum Gasteiger partial charge on any atom is 0.0640 e. The maximum absolute atomic E-state index is 2.43. The molecule has 0 amide bonds. The fraction of sp³-hybridized carbons (Fsp3) is 0.0667. The van der Waals surface area contributed by atoms with Crippen LogP contribution in [0.15, 0.2) is 164 Å². The number of benzene rings is 7. The van der Waals surface area contributed by atoms with Gasteiger partial charge in [-0.3, -0.25) is 0 Å². The number of nitrogens with zero attached hydrogens (tertiary/aromatic N) is 1. The van der Waals surface area contributed by atoms with Gasteiger partial charge in [0.1, 0.15) is 0 Å². The molecule has 2 heteroatoms. The molecule has 0 atom stereocenters. The van der Waals surface area contributed by atoms with Gasteiger partial charge in [0, 0.05) is 32.3 Å². The van der Waals surface area contributed by atoms with Crippen molar-refractivity contribution in [1.82, 2.24) is 0 Å². The maximum atomic E-state index is 2.43. The Labute approximate surface area is 280 Å². The molecule has 224 valence electrons. The summed E-state index contributed by atoms with van der Waals surface area (Å²) >= 11 is 1.91. The normalized spacial score (nSPS) is 13.1. The van der Waals surface area contributed by atoms with E-state index in [1.54, 1.807) is 0 Å². The Morgan fingerprint density at radius 1 is 0.468 bits per heavy atom. The van der Waals surface area contributed by atoms with Crippen molar-refractivity contribution in [3.63, 3.8) is 0 Å². The van der Waals surface area contributed by atoms with Crippen LogP contribution >= 0.6 is 11.3 Å². The summed E-state index contributed by atoms with van der Waals surface area (Å²) in [6.07, 6.45) is 0. The van der Waals surface area contributed by atoms with Gasteiger partial charge in [0.2, 0.25) is 0 Å². The lowest BCUT2D eigenvalue weighted by Crippen LogP contribution is -2.15. The van der Waals surface area contributed by atoms with Crippen molar-refractivity contribution in [2.75, 3.05) is 4.90 Å². The molecular weight excluding hydrogens is 587 g/mol. The lowest BCUT2D eigenvalue weighted by molar-refractivity contribution is 0.667. The van der Waals surface area contributed by atoms with Gasteiger partial charge in [0.15, 0.2) is 0 Å². The van der Waals surface area contributed by atoms with Gasteiger partial charge in [0.25, 0.3) is 0 Å². The van der Waals surface area contributed by atoms with Crippen molar-refractivity contribution < 1.29 is 0 Å². The third-order valence-corrected chi connectivity index (χ3v) is 11.1. The number of rotatable bonds is 5. The van der Waals surface area contributed by atoms with Gasteiger partial charge in [-0.15, -0.1) is 11.3 Å². The summed E-state index contributed by atoms with van der Waals surface area (Å²) in [5, 5.41) is 2.72. The van der Waals surface area contributed by atoms with Crippen molar-refractivity contribution in [1.29, 1.82) is 0 Å². The summed E-state index contributed by atoms with van der Waals surface area (Å²) in [4.78, 5) is 2.43. The Morgan fingerprint density at radius 3 is 1.64 bits per heavy atom. The van der Waals surface area contributed by atoms with E-state index in [-0.39, 0.29) is 5.41 Å². The van der Waals surface area contributed by atoms with Gasteiger partial charge in [-0.1, -0.05) is 141 Å². The molecule has 0 saturated heterocycles. The number of thiophene rings is 1. The molecule has 47 heavy (non-hydrogen) atoms. The average Bonchev–Trinajstić information content (AvgIpc) is 3.62. The molecule has 0 fully saturated rings. The summed E-state index contributed by atoms with van der Waals surface area (Å²) < 4.78 is 2.65. The first-order chi connectivity index (χ1) is 23.1. The van der Waals surface area contributed by atoms with E-state index in [1.807, 2.05) is 11.3 Å². The summed E-state index contributed by atoms with van der Waals surface area (Å²) in [5.74, 6) is 0. The minimum Gasteiger partial charge on any atom is -0.309 e. The van der Waals surface area contributed by atoms with Crippen LogP contribution in [0.1, 0.15) is 25.0 Å². The monoisotopic (exact) mass is 619 g/mol. The molecule has 8 aromatic rings. The zero-order valence-corrected chi connectivity index (χ0v) is 27.3. The highest BCUT2D eigenvalue weighted by atomic mass is 32.1. The van der Waals surface area contributed by atoms with Crippen molar-refractivity contribution >= 4 is 48.6 Å². The Morgan fingerprint density at radius 2 is 1.02 bits per heavy atom. The molecule has 0 radical (unpaired) electrons. The highest BCUT2D eigenvalue weighted by molar-refractivity contribution is 7.26. The lowest BCUT2D eigenvalue weighted by atomic mass is 9.80. The lowest BCUT2D eigenvalue weighted by Gasteiger charge is -2.26. The summed E-state index contributed by atoms with van der Waals surface area (Å²) in [6, 6.07) is 59.7. The first kappa shape index (κ1) is 27.8. The molecule has 0 spiro atoms. The molecule has 0 aliphatic heterocycles. The van der Waals surface area contributed by atoms with Crippen LogP contribution in [0.3, 0.4) is 0 Å². The molecule has 7 aromatic carbocycles. The average molecular weight is 620 g/mol. The predicted molar refractivity (Wildman–Crippen MR) is 202 cm³/mol. The number of hydrogen-bond donors (Lipinski definition) is 0. The molecular formula is C45H33NS. The van der Waals surface area contributed by atoms with E-state index in [0.29, 0.717) is 0 Å². The van der Waals surface area contributed by atoms with Crippen molar-refractivity contribution in [2.45, 2.75) is 19.3 Å². The SMILES string of the molecule is CC1(C)c2ccccc2-c2ccc3sc4c(N(c5ccc(-c6ccccc6)cc5)c5ccc(-c6ccccc6)cc5)cccc4c3c21. The molecule has 1 aliphatic rings. The molecule has 1 aromatic heterocycles. The van der Waals surface area contributed by atoms with Crippen LogP contribution in [-0.4, -0.2) is 0 Å². The Hall–Kier alpha value is -5.44. The zero-order chi connectivity index (χ0) is 31.5. The predicted octanol–water partition coefficient (Wildman–Crippen LogP) is 13.2. The first-order valence-corrected chi connectivity index (χ1v) is 17.1. The van der Waals surface area contributed by atoms with Crippen LogP contribution < -0.4 is 4.90 Å². The summed E-state index contributed by atoms with van der Waals surface area (Å²) in [7, 11) is 0. The molecule has 1 aliphatic carbocycles. The third-order valence-electron chi connectivity index (χ3n) is 9.86. The van der Waals surface area contributed by atoms with E-state index in [1.165, 1.54) is 70.4 Å².